The summed E-state index contributed by atoms with van der Waals surface area (Å²) in [6.45, 7) is 9.48. The van der Waals surface area contributed by atoms with E-state index in [4.69, 9.17) is 5.73 Å². The summed E-state index contributed by atoms with van der Waals surface area (Å²) >= 11 is 0. The van der Waals surface area contributed by atoms with Crippen molar-refractivity contribution < 1.29 is 0 Å². The molecule has 1 aromatic carbocycles. The molecular formula is C20H35Cl2N3. The van der Waals surface area contributed by atoms with E-state index in [1.807, 2.05) is 0 Å². The smallest absolute Gasteiger partial charge is 0.0233 e. The third kappa shape index (κ3) is 6.41. The summed E-state index contributed by atoms with van der Waals surface area (Å²) in [5.41, 5.74) is 8.42. The van der Waals surface area contributed by atoms with Gasteiger partial charge in [0.1, 0.15) is 0 Å². The standard InChI is InChI=1S/C20H33N3.2ClH/c1-17(23-12-2-3-13-23)20-9-14-22(15-10-20)16-19-6-4-18(5-7-19)8-11-21;;/h4-7,17,20H,2-3,8-16,21H2,1H3;2*1H. The molecule has 1 unspecified atom stereocenters. The third-order valence-corrected chi connectivity index (χ3v) is 5.89. The van der Waals surface area contributed by atoms with Crippen molar-refractivity contribution in [1.82, 2.24) is 9.80 Å². The highest BCUT2D eigenvalue weighted by atomic mass is 35.5. The first-order chi connectivity index (χ1) is 11.3. The monoisotopic (exact) mass is 387 g/mol. The van der Waals surface area contributed by atoms with Crippen molar-refractivity contribution in [3.05, 3.63) is 35.4 Å². The van der Waals surface area contributed by atoms with Crippen LogP contribution in [0.15, 0.2) is 24.3 Å². The van der Waals surface area contributed by atoms with Crippen LogP contribution in [0, 0.1) is 5.92 Å². The molecule has 0 bridgehead atoms. The van der Waals surface area contributed by atoms with Gasteiger partial charge in [-0.3, -0.25) is 4.90 Å². The van der Waals surface area contributed by atoms with Crippen LogP contribution in [0.25, 0.3) is 0 Å². The molecule has 5 heteroatoms. The Kier molecular flexibility index (Phi) is 10.4. The zero-order valence-electron chi connectivity index (χ0n) is 15.5. The maximum Gasteiger partial charge on any atom is 0.0233 e. The molecule has 1 aromatic rings. The van der Waals surface area contributed by atoms with E-state index in [1.54, 1.807) is 0 Å². The predicted molar refractivity (Wildman–Crippen MR) is 112 cm³/mol. The fourth-order valence-corrected chi connectivity index (χ4v) is 4.28. The van der Waals surface area contributed by atoms with E-state index in [2.05, 4.69) is 41.0 Å². The minimum Gasteiger partial charge on any atom is -0.330 e. The summed E-state index contributed by atoms with van der Waals surface area (Å²) in [7, 11) is 0. The van der Waals surface area contributed by atoms with Crippen LogP contribution >= 0.6 is 24.8 Å². The number of halogens is 2. The highest BCUT2D eigenvalue weighted by Gasteiger charge is 2.28. The minimum absolute atomic E-state index is 0. The first kappa shape index (κ1) is 22.7. The lowest BCUT2D eigenvalue weighted by Gasteiger charge is -2.38. The molecule has 0 spiro atoms. The van der Waals surface area contributed by atoms with E-state index in [9.17, 15) is 0 Å². The Labute approximate surface area is 166 Å². The summed E-state index contributed by atoms with van der Waals surface area (Å²) in [4.78, 5) is 5.35. The van der Waals surface area contributed by atoms with Crippen molar-refractivity contribution in [3.8, 4) is 0 Å². The molecule has 0 radical (unpaired) electrons. The highest BCUT2D eigenvalue weighted by Crippen LogP contribution is 2.27. The average Bonchev–Trinajstić information content (AvgIpc) is 3.11. The van der Waals surface area contributed by atoms with E-state index >= 15 is 0 Å². The predicted octanol–water partition coefficient (Wildman–Crippen LogP) is 3.73. The molecular weight excluding hydrogens is 353 g/mol. The van der Waals surface area contributed by atoms with Crippen LogP contribution in [-0.4, -0.2) is 48.6 Å². The maximum absolute atomic E-state index is 5.62. The molecule has 0 aromatic heterocycles. The fraction of sp³-hybridized carbons (Fsp3) is 0.700. The fourth-order valence-electron chi connectivity index (χ4n) is 4.28. The Morgan fingerprint density at radius 2 is 1.52 bits per heavy atom. The summed E-state index contributed by atoms with van der Waals surface area (Å²) in [6, 6.07) is 9.83. The second-order valence-corrected chi connectivity index (χ2v) is 7.45. The normalized spacial score (nSPS) is 20.7. The number of likely N-dealkylation sites (tertiary alicyclic amines) is 2. The lowest BCUT2D eigenvalue weighted by molar-refractivity contribution is 0.108. The zero-order chi connectivity index (χ0) is 16.1. The molecule has 0 amide bonds. The molecule has 3 nitrogen and oxygen atoms in total. The lowest BCUT2D eigenvalue weighted by Crippen LogP contribution is -2.42. The number of piperidine rings is 1. The number of rotatable bonds is 6. The molecule has 0 saturated carbocycles. The van der Waals surface area contributed by atoms with Gasteiger partial charge >= 0.3 is 0 Å². The maximum atomic E-state index is 5.62. The van der Waals surface area contributed by atoms with Gasteiger partial charge in [-0.1, -0.05) is 24.3 Å². The minimum atomic E-state index is 0. The Hall–Kier alpha value is -0.320. The largest absolute Gasteiger partial charge is 0.330 e. The van der Waals surface area contributed by atoms with E-state index < -0.39 is 0 Å². The Bertz CT molecular complexity index is 466. The van der Waals surface area contributed by atoms with Gasteiger partial charge in [0.05, 0.1) is 0 Å². The molecule has 2 aliphatic heterocycles. The summed E-state index contributed by atoms with van der Waals surface area (Å²) < 4.78 is 0. The van der Waals surface area contributed by atoms with Crippen molar-refractivity contribution in [2.24, 2.45) is 11.7 Å². The average molecular weight is 388 g/mol. The van der Waals surface area contributed by atoms with E-state index in [0.29, 0.717) is 0 Å². The van der Waals surface area contributed by atoms with Gasteiger partial charge in [-0.2, -0.15) is 0 Å². The molecule has 2 aliphatic rings. The van der Waals surface area contributed by atoms with Gasteiger partial charge in [-0.15, -0.1) is 24.8 Å². The number of hydrogen-bond acceptors (Lipinski definition) is 3. The molecule has 0 aliphatic carbocycles. The first-order valence-corrected chi connectivity index (χ1v) is 9.50. The molecule has 2 heterocycles. The van der Waals surface area contributed by atoms with Crippen LogP contribution in [0.2, 0.25) is 0 Å². The van der Waals surface area contributed by atoms with Crippen molar-refractivity contribution in [1.29, 1.82) is 0 Å². The second kappa shape index (κ2) is 11.4. The Morgan fingerprint density at radius 1 is 0.960 bits per heavy atom. The van der Waals surface area contributed by atoms with E-state index in [0.717, 1.165) is 31.5 Å². The Balaban J connectivity index is 0.00000156. The number of hydrogen-bond donors (Lipinski definition) is 1. The zero-order valence-corrected chi connectivity index (χ0v) is 17.2. The third-order valence-electron chi connectivity index (χ3n) is 5.89. The summed E-state index contributed by atoms with van der Waals surface area (Å²) in [5, 5.41) is 0. The SMILES string of the molecule is CC(C1CCN(Cc2ccc(CCN)cc2)CC1)N1CCCC1.Cl.Cl. The Morgan fingerprint density at radius 3 is 2.08 bits per heavy atom. The summed E-state index contributed by atoms with van der Waals surface area (Å²) in [5.74, 6) is 0.899. The topological polar surface area (TPSA) is 32.5 Å². The second-order valence-electron chi connectivity index (χ2n) is 7.45. The molecule has 2 saturated heterocycles. The number of nitrogens with two attached hydrogens (primary N) is 1. The molecule has 3 rings (SSSR count). The quantitative estimate of drug-likeness (QED) is 0.806. The van der Waals surface area contributed by atoms with Gasteiger partial charge in [-0.05, 0) is 88.8 Å². The van der Waals surface area contributed by atoms with Crippen LogP contribution in [0.1, 0.15) is 43.7 Å². The van der Waals surface area contributed by atoms with Gasteiger partial charge in [0, 0.05) is 12.6 Å². The lowest BCUT2D eigenvalue weighted by atomic mass is 9.89. The van der Waals surface area contributed by atoms with Crippen LogP contribution in [0.4, 0.5) is 0 Å². The van der Waals surface area contributed by atoms with Gasteiger partial charge in [0.15, 0.2) is 0 Å². The van der Waals surface area contributed by atoms with Gasteiger partial charge in [0.2, 0.25) is 0 Å². The van der Waals surface area contributed by atoms with E-state index in [-0.39, 0.29) is 24.8 Å². The van der Waals surface area contributed by atoms with Crippen LogP contribution in [-0.2, 0) is 13.0 Å². The van der Waals surface area contributed by atoms with Gasteiger partial charge in [0.25, 0.3) is 0 Å². The molecule has 144 valence electrons. The number of nitrogens with zero attached hydrogens (tertiary/aromatic N) is 2. The first-order valence-electron chi connectivity index (χ1n) is 9.50. The molecule has 2 fully saturated rings. The van der Waals surface area contributed by atoms with Crippen molar-refractivity contribution in [2.45, 2.75) is 51.6 Å². The van der Waals surface area contributed by atoms with Crippen LogP contribution in [0.5, 0.6) is 0 Å². The van der Waals surface area contributed by atoms with Gasteiger partial charge < -0.3 is 10.6 Å². The van der Waals surface area contributed by atoms with Crippen molar-refractivity contribution in [2.75, 3.05) is 32.7 Å². The van der Waals surface area contributed by atoms with Gasteiger partial charge in [-0.25, -0.2) is 0 Å². The molecule has 25 heavy (non-hydrogen) atoms. The van der Waals surface area contributed by atoms with E-state index in [1.165, 1.54) is 63.0 Å². The summed E-state index contributed by atoms with van der Waals surface area (Å²) in [6.07, 6.45) is 6.53. The van der Waals surface area contributed by atoms with Crippen LogP contribution < -0.4 is 5.73 Å². The van der Waals surface area contributed by atoms with Crippen molar-refractivity contribution >= 4 is 24.8 Å². The van der Waals surface area contributed by atoms with Crippen molar-refractivity contribution in [3.63, 3.8) is 0 Å². The molecule has 2 N–H and O–H groups in total. The highest BCUT2D eigenvalue weighted by molar-refractivity contribution is 5.85. The van der Waals surface area contributed by atoms with Crippen LogP contribution in [0.3, 0.4) is 0 Å². The number of benzene rings is 1. The molecule has 1 atom stereocenters.